The fourth-order valence-electron chi connectivity index (χ4n) is 4.38. The molecule has 1 amide bonds. The van der Waals surface area contributed by atoms with Crippen LogP contribution in [-0.4, -0.2) is 49.1 Å². The lowest BCUT2D eigenvalue weighted by atomic mass is 9.75. The van der Waals surface area contributed by atoms with Crippen molar-refractivity contribution >= 4 is 6.09 Å². The van der Waals surface area contributed by atoms with Crippen molar-refractivity contribution in [2.45, 2.75) is 45.1 Å². The van der Waals surface area contributed by atoms with Crippen molar-refractivity contribution < 1.29 is 9.53 Å². The fraction of sp³-hybridized carbons (Fsp3) is 0.632. The molecule has 3 atom stereocenters. The Morgan fingerprint density at radius 3 is 2.87 bits per heavy atom. The number of hydrogen-bond donors (Lipinski definition) is 0. The Morgan fingerprint density at radius 1 is 1.39 bits per heavy atom. The van der Waals surface area contributed by atoms with Crippen LogP contribution in [0.25, 0.3) is 0 Å². The number of fused-ring (bicyclic) bond motifs is 3. The molecule has 0 N–H and O–H groups in total. The molecule has 23 heavy (non-hydrogen) atoms. The maximum Gasteiger partial charge on any atom is 0.414 e. The predicted molar refractivity (Wildman–Crippen MR) is 92.0 cm³/mol. The van der Waals surface area contributed by atoms with Crippen LogP contribution in [0, 0.1) is 5.92 Å². The molecule has 1 saturated heterocycles. The summed E-state index contributed by atoms with van der Waals surface area (Å²) in [6, 6.07) is 6.86. The minimum Gasteiger partial charge on any atom is -0.410 e. The topological polar surface area (TPSA) is 32.8 Å². The monoisotopic (exact) mass is 316 g/mol. The zero-order valence-corrected chi connectivity index (χ0v) is 14.7. The van der Waals surface area contributed by atoms with Gasteiger partial charge in [0.25, 0.3) is 0 Å². The van der Waals surface area contributed by atoms with E-state index < -0.39 is 0 Å². The molecule has 1 aliphatic carbocycles. The molecule has 0 spiro atoms. The maximum absolute atomic E-state index is 11.9. The van der Waals surface area contributed by atoms with E-state index in [0.717, 1.165) is 12.2 Å². The van der Waals surface area contributed by atoms with Crippen molar-refractivity contribution in [1.29, 1.82) is 0 Å². The number of amides is 1. The van der Waals surface area contributed by atoms with Crippen molar-refractivity contribution in [2.75, 3.05) is 27.2 Å². The summed E-state index contributed by atoms with van der Waals surface area (Å²) >= 11 is 0. The smallest absolute Gasteiger partial charge is 0.410 e. The summed E-state index contributed by atoms with van der Waals surface area (Å²) in [6.45, 7) is 7.00. The van der Waals surface area contributed by atoms with Crippen molar-refractivity contribution in [3.63, 3.8) is 0 Å². The van der Waals surface area contributed by atoms with E-state index in [1.54, 1.807) is 14.1 Å². The first-order valence-electron chi connectivity index (χ1n) is 8.77. The molecule has 0 radical (unpaired) electrons. The molecule has 3 rings (SSSR count). The molecular formula is C19H28N2O2. The van der Waals surface area contributed by atoms with Gasteiger partial charge in [0, 0.05) is 32.6 Å². The standard InChI is InChI=1S/C19H28N2O2/c1-5-11-21-12-13(2)18-15-7-6-8-17(23-19(22)20(3)4)14(15)9-10-16(18)21/h6-8,13,16,18H,5,9-12H2,1-4H3/t13-,16?,18?/m0/s1. The van der Waals surface area contributed by atoms with Gasteiger partial charge < -0.3 is 9.64 Å². The summed E-state index contributed by atoms with van der Waals surface area (Å²) in [7, 11) is 3.44. The van der Waals surface area contributed by atoms with Gasteiger partial charge in [-0.05, 0) is 48.9 Å². The van der Waals surface area contributed by atoms with Crippen LogP contribution in [0.4, 0.5) is 4.79 Å². The van der Waals surface area contributed by atoms with Gasteiger partial charge in [-0.1, -0.05) is 26.0 Å². The van der Waals surface area contributed by atoms with Crippen LogP contribution in [0.2, 0.25) is 0 Å². The molecule has 1 heterocycles. The van der Waals surface area contributed by atoms with Gasteiger partial charge in [-0.3, -0.25) is 4.90 Å². The molecule has 0 bridgehead atoms. The Hall–Kier alpha value is -1.55. The molecule has 1 fully saturated rings. The Kier molecular flexibility index (Phi) is 4.62. The van der Waals surface area contributed by atoms with Gasteiger partial charge in [0.2, 0.25) is 0 Å². The second kappa shape index (κ2) is 6.52. The van der Waals surface area contributed by atoms with Crippen molar-refractivity contribution in [3.8, 4) is 5.75 Å². The first-order chi connectivity index (χ1) is 11.0. The van der Waals surface area contributed by atoms with E-state index in [9.17, 15) is 4.79 Å². The molecule has 126 valence electrons. The summed E-state index contributed by atoms with van der Waals surface area (Å²) in [5.41, 5.74) is 2.64. The van der Waals surface area contributed by atoms with Crippen LogP contribution < -0.4 is 4.74 Å². The lowest BCUT2D eigenvalue weighted by Gasteiger charge is -2.34. The van der Waals surface area contributed by atoms with E-state index in [-0.39, 0.29) is 6.09 Å². The Bertz CT molecular complexity index is 585. The number of rotatable bonds is 3. The van der Waals surface area contributed by atoms with Gasteiger partial charge in [0.15, 0.2) is 0 Å². The Labute approximate surface area is 139 Å². The van der Waals surface area contributed by atoms with Crippen LogP contribution in [0.3, 0.4) is 0 Å². The number of carbonyl (C=O) groups excluding carboxylic acids is 1. The van der Waals surface area contributed by atoms with E-state index in [1.165, 1.54) is 42.0 Å². The number of nitrogens with zero attached hydrogens (tertiary/aromatic N) is 2. The highest BCUT2D eigenvalue weighted by molar-refractivity contribution is 5.70. The van der Waals surface area contributed by atoms with Gasteiger partial charge in [0.1, 0.15) is 5.75 Å². The minimum atomic E-state index is -0.299. The van der Waals surface area contributed by atoms with E-state index >= 15 is 0 Å². The van der Waals surface area contributed by atoms with Crippen LogP contribution in [0.15, 0.2) is 18.2 Å². The summed E-state index contributed by atoms with van der Waals surface area (Å²) in [5.74, 6) is 1.98. The highest BCUT2D eigenvalue weighted by atomic mass is 16.6. The van der Waals surface area contributed by atoms with Crippen molar-refractivity contribution in [1.82, 2.24) is 9.80 Å². The molecule has 1 aromatic carbocycles. The Balaban J connectivity index is 1.90. The number of ether oxygens (including phenoxy) is 1. The average Bonchev–Trinajstić information content (AvgIpc) is 2.84. The average molecular weight is 316 g/mol. The number of carbonyl (C=O) groups is 1. The van der Waals surface area contributed by atoms with Crippen LogP contribution >= 0.6 is 0 Å². The van der Waals surface area contributed by atoms with Crippen LogP contribution in [-0.2, 0) is 6.42 Å². The summed E-state index contributed by atoms with van der Waals surface area (Å²) in [6.07, 6.45) is 3.08. The van der Waals surface area contributed by atoms with Crippen molar-refractivity contribution in [3.05, 3.63) is 29.3 Å². The number of benzene rings is 1. The lowest BCUT2D eigenvalue weighted by Crippen LogP contribution is -2.36. The minimum absolute atomic E-state index is 0.299. The van der Waals surface area contributed by atoms with Crippen LogP contribution in [0.1, 0.15) is 43.7 Å². The number of likely N-dealkylation sites (tertiary alicyclic amines) is 1. The van der Waals surface area contributed by atoms with Crippen LogP contribution in [0.5, 0.6) is 5.75 Å². The summed E-state index contributed by atoms with van der Waals surface area (Å²) in [4.78, 5) is 16.1. The van der Waals surface area contributed by atoms with Crippen molar-refractivity contribution in [2.24, 2.45) is 5.92 Å². The number of hydrogen-bond acceptors (Lipinski definition) is 3. The maximum atomic E-state index is 11.9. The molecule has 0 saturated carbocycles. The predicted octanol–water partition coefficient (Wildman–Crippen LogP) is 3.51. The largest absolute Gasteiger partial charge is 0.414 e. The molecule has 0 aromatic heterocycles. The highest BCUT2D eigenvalue weighted by Crippen LogP contribution is 2.46. The second-order valence-electron chi connectivity index (χ2n) is 7.19. The first kappa shape index (κ1) is 16.3. The third-order valence-electron chi connectivity index (χ3n) is 5.31. The molecule has 4 nitrogen and oxygen atoms in total. The van der Waals surface area contributed by atoms with Gasteiger partial charge in [-0.25, -0.2) is 4.79 Å². The molecular weight excluding hydrogens is 288 g/mol. The van der Waals surface area contributed by atoms with Gasteiger partial charge >= 0.3 is 6.09 Å². The summed E-state index contributed by atoms with van der Waals surface area (Å²) < 4.78 is 5.61. The zero-order valence-electron chi connectivity index (χ0n) is 14.7. The van der Waals surface area contributed by atoms with E-state index in [2.05, 4.69) is 24.8 Å². The van der Waals surface area contributed by atoms with E-state index in [4.69, 9.17) is 4.74 Å². The normalized spacial score (nSPS) is 26.5. The summed E-state index contributed by atoms with van der Waals surface area (Å²) in [5, 5.41) is 0. The fourth-order valence-corrected chi connectivity index (χ4v) is 4.38. The third-order valence-corrected chi connectivity index (χ3v) is 5.31. The zero-order chi connectivity index (χ0) is 16.6. The second-order valence-corrected chi connectivity index (χ2v) is 7.19. The van der Waals surface area contributed by atoms with Gasteiger partial charge in [0.05, 0.1) is 0 Å². The molecule has 4 heteroatoms. The SMILES string of the molecule is CCCN1C[C@H](C)C2c3cccc(OC(=O)N(C)C)c3CCC21. The van der Waals surface area contributed by atoms with E-state index in [0.29, 0.717) is 17.9 Å². The lowest BCUT2D eigenvalue weighted by molar-refractivity contribution is 0.170. The molecule has 1 aromatic rings. The first-order valence-corrected chi connectivity index (χ1v) is 8.77. The van der Waals surface area contributed by atoms with Gasteiger partial charge in [-0.15, -0.1) is 0 Å². The molecule has 2 aliphatic rings. The van der Waals surface area contributed by atoms with E-state index in [1.807, 2.05) is 12.1 Å². The third kappa shape index (κ3) is 2.97. The quantitative estimate of drug-likeness (QED) is 0.855. The van der Waals surface area contributed by atoms with Gasteiger partial charge in [-0.2, -0.15) is 0 Å². The molecule has 2 unspecified atom stereocenters. The molecule has 1 aliphatic heterocycles. The highest BCUT2D eigenvalue weighted by Gasteiger charge is 2.43. The Morgan fingerprint density at radius 2 is 2.17 bits per heavy atom.